The fourth-order valence-electron chi connectivity index (χ4n) is 2.12. The second kappa shape index (κ2) is 7.74. The number of hydrogen-bond acceptors (Lipinski definition) is 6. The van der Waals surface area contributed by atoms with Crippen LogP contribution >= 0.6 is 0 Å². The van der Waals surface area contributed by atoms with Crippen LogP contribution in [0.1, 0.15) is 23.2 Å². The standard InChI is InChI=1S/C13H14F3NO6S3/c14-13(15,16)25(19,20)17-26(21,22)23-11-5-3-10(4-6-11)12(18)9-24-7-1-2-8-24/h3-6H,1-2,7-9H2. The van der Waals surface area contributed by atoms with E-state index in [1.807, 2.05) is 0 Å². The number of carbonyl (C=O) groups is 1. The average Bonchev–Trinajstić information content (AvgIpc) is 2.98. The lowest BCUT2D eigenvalue weighted by Gasteiger charge is -2.21. The third kappa shape index (κ3) is 5.59. The smallest absolute Gasteiger partial charge is 0.395 e. The Morgan fingerprint density at radius 2 is 1.62 bits per heavy atom. The minimum atomic E-state index is -6.25. The first kappa shape index (κ1) is 21.0. The van der Waals surface area contributed by atoms with Gasteiger partial charge in [0.1, 0.15) is 17.3 Å². The Balaban J connectivity index is 2.03. The number of benzene rings is 1. The number of carbonyl (C=O) groups excluding carboxylic acids is 1. The Hall–Kier alpha value is -1.31. The predicted octanol–water partition coefficient (Wildman–Crippen LogP) is 2.13. The molecule has 1 heterocycles. The zero-order valence-corrected chi connectivity index (χ0v) is 15.5. The fraction of sp³-hybridized carbons (Fsp3) is 0.462. The molecule has 0 bridgehead atoms. The van der Waals surface area contributed by atoms with Gasteiger partial charge in [-0.25, -0.2) is 16.8 Å². The van der Waals surface area contributed by atoms with Gasteiger partial charge in [0.25, 0.3) is 0 Å². The average molecular weight is 433 g/mol. The maximum Gasteiger partial charge on any atom is 0.480 e. The topological polar surface area (TPSA) is 109 Å². The lowest BCUT2D eigenvalue weighted by atomic mass is 10.1. The van der Waals surface area contributed by atoms with Crippen LogP contribution in [-0.2, 0) is 31.2 Å². The van der Waals surface area contributed by atoms with E-state index in [-0.39, 0.29) is 16.7 Å². The number of alkyl halides is 3. The normalized spacial score (nSPS) is 16.6. The zero-order chi connectivity index (χ0) is 19.6. The van der Waals surface area contributed by atoms with Gasteiger partial charge in [0.05, 0.1) is 0 Å². The van der Waals surface area contributed by atoms with Crippen molar-refractivity contribution >= 4 is 37.0 Å². The van der Waals surface area contributed by atoms with Crippen molar-refractivity contribution in [1.82, 2.24) is 0 Å². The highest BCUT2D eigenvalue weighted by molar-refractivity contribution is 8.10. The number of nitrogens with zero attached hydrogens (tertiary/aromatic N) is 1. The van der Waals surface area contributed by atoms with E-state index >= 15 is 0 Å². The molecule has 2 rings (SSSR count). The molecule has 1 aromatic carbocycles. The number of Topliss-reactive ketones (excluding diaryl/α,β-unsaturated/α-hetero) is 1. The number of rotatable bonds is 7. The highest BCUT2D eigenvalue weighted by Gasteiger charge is 2.40. The summed E-state index contributed by atoms with van der Waals surface area (Å²) in [6, 6.07) is 4.59. The van der Waals surface area contributed by atoms with E-state index in [1.165, 1.54) is 12.1 Å². The number of sulfonamides is 1. The summed E-state index contributed by atoms with van der Waals surface area (Å²) in [4.78, 5) is 12.1. The Morgan fingerprint density at radius 1 is 1.08 bits per heavy atom. The summed E-state index contributed by atoms with van der Waals surface area (Å²) in [6.07, 6.45) is 2.18. The maximum atomic E-state index is 12.2. The number of hydrogen-bond donors (Lipinski definition) is 0. The molecule has 26 heavy (non-hydrogen) atoms. The molecule has 1 aliphatic heterocycles. The Kier molecular flexibility index (Phi) is 6.25. The molecule has 0 aliphatic carbocycles. The monoisotopic (exact) mass is 433 g/mol. The molecule has 0 aromatic heterocycles. The molecule has 0 amide bonds. The number of ketones is 1. The Bertz CT molecular complexity index is 859. The SMILES string of the molecule is O=C(C[S+]1CCCC1)c1ccc(OS(=O)(=O)[N-]S(=O)(=O)C(F)(F)F)cc1. The second-order valence-corrected chi connectivity index (χ2v) is 10.7. The summed E-state index contributed by atoms with van der Waals surface area (Å²) in [5.74, 6) is 1.79. The first-order valence-electron chi connectivity index (χ1n) is 7.17. The van der Waals surface area contributed by atoms with E-state index in [0.717, 1.165) is 36.5 Å². The molecule has 146 valence electrons. The summed E-state index contributed by atoms with van der Waals surface area (Å²) < 4.78 is 86.8. The Labute approximate surface area is 151 Å². The lowest BCUT2D eigenvalue weighted by molar-refractivity contribution is -0.0425. The molecule has 0 spiro atoms. The summed E-state index contributed by atoms with van der Waals surface area (Å²) in [5, 5.41) is 0. The van der Waals surface area contributed by atoms with Crippen molar-refractivity contribution in [3.63, 3.8) is 0 Å². The maximum absolute atomic E-state index is 12.2. The number of halogens is 3. The summed E-state index contributed by atoms with van der Waals surface area (Å²) in [7, 11) is -11.6. The van der Waals surface area contributed by atoms with Crippen LogP contribution in [0, 0.1) is 0 Å². The van der Waals surface area contributed by atoms with Crippen molar-refractivity contribution in [2.24, 2.45) is 0 Å². The molecular weight excluding hydrogens is 419 g/mol. The molecule has 0 atom stereocenters. The molecule has 0 radical (unpaired) electrons. The minimum Gasteiger partial charge on any atom is -0.395 e. The zero-order valence-electron chi connectivity index (χ0n) is 13.1. The van der Waals surface area contributed by atoms with Crippen LogP contribution in [0.2, 0.25) is 0 Å². The molecule has 1 aromatic rings. The van der Waals surface area contributed by atoms with Crippen LogP contribution in [0.5, 0.6) is 5.75 Å². The van der Waals surface area contributed by atoms with Crippen molar-refractivity contribution < 1.29 is 39.0 Å². The first-order valence-corrected chi connectivity index (χ1v) is 11.7. The van der Waals surface area contributed by atoms with Gasteiger partial charge in [-0.2, -0.15) is 13.2 Å². The van der Waals surface area contributed by atoms with Crippen molar-refractivity contribution in [3.05, 3.63) is 34.0 Å². The van der Waals surface area contributed by atoms with E-state index < -0.39 is 31.6 Å². The molecule has 1 aliphatic rings. The van der Waals surface area contributed by atoms with Crippen LogP contribution in [0.3, 0.4) is 0 Å². The Morgan fingerprint density at radius 3 is 2.12 bits per heavy atom. The molecule has 0 N–H and O–H groups in total. The van der Waals surface area contributed by atoms with Gasteiger partial charge in [0, 0.05) is 5.56 Å². The molecule has 0 unspecified atom stereocenters. The highest BCUT2D eigenvalue weighted by atomic mass is 32.3. The molecule has 1 fully saturated rings. The fourth-order valence-corrected chi connectivity index (χ4v) is 6.15. The summed E-state index contributed by atoms with van der Waals surface area (Å²) >= 11 is 0. The van der Waals surface area contributed by atoms with E-state index in [0.29, 0.717) is 11.3 Å². The summed E-state index contributed by atoms with van der Waals surface area (Å²) in [6.45, 7) is 0. The second-order valence-electron chi connectivity index (χ2n) is 5.33. The molecular formula is C13H14F3NO6S3. The van der Waals surface area contributed by atoms with Gasteiger partial charge in [0.15, 0.2) is 15.8 Å². The first-order chi connectivity index (χ1) is 11.9. The molecule has 13 heteroatoms. The van der Waals surface area contributed by atoms with E-state index in [1.54, 1.807) is 4.13 Å². The van der Waals surface area contributed by atoms with E-state index in [4.69, 9.17) is 0 Å². The lowest BCUT2D eigenvalue weighted by Crippen LogP contribution is -2.25. The van der Waals surface area contributed by atoms with Gasteiger partial charge in [-0.15, -0.1) is 0 Å². The van der Waals surface area contributed by atoms with Crippen molar-refractivity contribution in [2.45, 2.75) is 18.3 Å². The van der Waals surface area contributed by atoms with Gasteiger partial charge >= 0.3 is 5.51 Å². The quantitative estimate of drug-likeness (QED) is 0.481. The van der Waals surface area contributed by atoms with Crippen LogP contribution in [0.15, 0.2) is 24.3 Å². The van der Waals surface area contributed by atoms with Crippen molar-refractivity contribution in [1.29, 1.82) is 0 Å². The minimum absolute atomic E-state index is 0.0360. The van der Waals surface area contributed by atoms with Crippen LogP contribution in [-0.4, -0.2) is 45.4 Å². The van der Waals surface area contributed by atoms with Crippen LogP contribution in [0.25, 0.3) is 4.13 Å². The van der Waals surface area contributed by atoms with E-state index in [2.05, 4.69) is 4.18 Å². The van der Waals surface area contributed by atoms with Crippen molar-refractivity contribution in [3.8, 4) is 5.75 Å². The van der Waals surface area contributed by atoms with Crippen molar-refractivity contribution in [2.75, 3.05) is 17.3 Å². The predicted molar refractivity (Wildman–Crippen MR) is 89.9 cm³/mol. The van der Waals surface area contributed by atoms with Crippen LogP contribution in [0.4, 0.5) is 13.2 Å². The summed E-state index contributed by atoms with van der Waals surface area (Å²) in [5.41, 5.74) is -5.56. The van der Waals surface area contributed by atoms with Gasteiger partial charge in [-0.1, -0.05) is 0 Å². The largest absolute Gasteiger partial charge is 0.480 e. The molecule has 1 saturated heterocycles. The van der Waals surface area contributed by atoms with Crippen LogP contribution < -0.4 is 4.18 Å². The van der Waals surface area contributed by atoms with Gasteiger partial charge in [0.2, 0.25) is 16.1 Å². The van der Waals surface area contributed by atoms with Gasteiger partial charge < -0.3 is 8.31 Å². The third-order valence-corrected chi connectivity index (χ3v) is 8.22. The van der Waals surface area contributed by atoms with Gasteiger partial charge in [-0.3, -0.25) is 4.79 Å². The molecule has 0 saturated carbocycles. The van der Waals surface area contributed by atoms with Gasteiger partial charge in [-0.05, 0) is 48.0 Å². The third-order valence-electron chi connectivity index (χ3n) is 3.31. The molecule has 7 nitrogen and oxygen atoms in total. The van der Waals surface area contributed by atoms with E-state index in [9.17, 15) is 34.8 Å². The highest BCUT2D eigenvalue weighted by Crippen LogP contribution is 2.31.